The number of carbonyl (C=O) groups excluding carboxylic acids is 1. The van der Waals surface area contributed by atoms with Gasteiger partial charge in [-0.25, -0.2) is 0 Å². The molecular formula is C13H24N2O3. The van der Waals surface area contributed by atoms with Crippen molar-refractivity contribution in [2.75, 3.05) is 6.54 Å². The van der Waals surface area contributed by atoms with Gasteiger partial charge in [0.15, 0.2) is 0 Å². The number of carbonyl (C=O) groups is 2. The Morgan fingerprint density at radius 2 is 1.78 bits per heavy atom. The number of carboxylic acid groups (broad SMARTS) is 1. The standard InChI is InChI=1S/C13H24N2O3/c1-12(2,3)14-9-10(16)15-13(8-11(17)18)6-4-5-7-13/h14H,4-9H2,1-3H3,(H,15,16)(H,17,18). The molecule has 1 aliphatic carbocycles. The Kier molecular flexibility index (Phi) is 4.73. The predicted octanol–water partition coefficient (Wildman–Crippen LogP) is 1.28. The van der Waals surface area contributed by atoms with E-state index in [0.717, 1.165) is 25.7 Å². The summed E-state index contributed by atoms with van der Waals surface area (Å²) in [5.74, 6) is -0.964. The average Bonchev–Trinajstić information content (AvgIpc) is 2.61. The maximum absolute atomic E-state index is 11.9. The van der Waals surface area contributed by atoms with Gasteiger partial charge in [-0.2, -0.15) is 0 Å². The van der Waals surface area contributed by atoms with Crippen LogP contribution in [0.3, 0.4) is 0 Å². The quantitative estimate of drug-likeness (QED) is 0.692. The van der Waals surface area contributed by atoms with Crippen molar-refractivity contribution in [3.8, 4) is 0 Å². The van der Waals surface area contributed by atoms with Crippen LogP contribution in [0.2, 0.25) is 0 Å². The van der Waals surface area contributed by atoms with Gasteiger partial charge < -0.3 is 15.7 Å². The van der Waals surface area contributed by atoms with Gasteiger partial charge in [-0.05, 0) is 33.6 Å². The molecule has 0 aliphatic heterocycles. The molecule has 1 aliphatic rings. The molecule has 5 heteroatoms. The number of hydrogen-bond acceptors (Lipinski definition) is 3. The van der Waals surface area contributed by atoms with Crippen LogP contribution in [-0.4, -0.2) is 34.6 Å². The van der Waals surface area contributed by atoms with Crippen LogP contribution in [-0.2, 0) is 9.59 Å². The molecule has 1 saturated carbocycles. The van der Waals surface area contributed by atoms with Crippen molar-refractivity contribution in [3.05, 3.63) is 0 Å². The van der Waals surface area contributed by atoms with Gasteiger partial charge in [-0.3, -0.25) is 9.59 Å². The molecule has 3 N–H and O–H groups in total. The van der Waals surface area contributed by atoms with Crippen LogP contribution >= 0.6 is 0 Å². The molecule has 1 amide bonds. The van der Waals surface area contributed by atoms with Crippen molar-refractivity contribution in [2.45, 2.75) is 64.0 Å². The molecule has 0 spiro atoms. The second kappa shape index (κ2) is 5.69. The zero-order valence-electron chi connectivity index (χ0n) is 11.5. The first-order chi connectivity index (χ1) is 8.22. The van der Waals surface area contributed by atoms with Gasteiger partial charge in [0, 0.05) is 5.54 Å². The van der Waals surface area contributed by atoms with Gasteiger partial charge >= 0.3 is 5.97 Å². The Balaban J connectivity index is 2.51. The van der Waals surface area contributed by atoms with Gasteiger partial charge in [-0.15, -0.1) is 0 Å². The average molecular weight is 256 g/mol. The van der Waals surface area contributed by atoms with Crippen molar-refractivity contribution in [3.63, 3.8) is 0 Å². The lowest BCUT2D eigenvalue weighted by atomic mass is 9.93. The van der Waals surface area contributed by atoms with Crippen LogP contribution in [0.15, 0.2) is 0 Å². The Morgan fingerprint density at radius 1 is 1.22 bits per heavy atom. The summed E-state index contributed by atoms with van der Waals surface area (Å²) in [6.45, 7) is 6.19. The number of aliphatic carboxylic acids is 1. The zero-order valence-corrected chi connectivity index (χ0v) is 11.5. The highest BCUT2D eigenvalue weighted by atomic mass is 16.4. The van der Waals surface area contributed by atoms with Crippen LogP contribution in [0.1, 0.15) is 52.9 Å². The molecule has 0 radical (unpaired) electrons. The molecule has 1 fully saturated rings. The van der Waals surface area contributed by atoms with E-state index in [0.29, 0.717) is 0 Å². The lowest BCUT2D eigenvalue weighted by molar-refractivity contribution is -0.139. The van der Waals surface area contributed by atoms with Crippen molar-refractivity contribution in [1.82, 2.24) is 10.6 Å². The molecule has 5 nitrogen and oxygen atoms in total. The van der Waals surface area contributed by atoms with Crippen LogP contribution < -0.4 is 10.6 Å². The second-order valence-corrected chi connectivity index (χ2v) is 6.21. The van der Waals surface area contributed by atoms with Crippen LogP contribution in [0.5, 0.6) is 0 Å². The normalized spacial score (nSPS) is 18.6. The molecule has 0 saturated heterocycles. The van der Waals surface area contributed by atoms with Gasteiger partial charge in [0.05, 0.1) is 18.5 Å². The van der Waals surface area contributed by atoms with Gasteiger partial charge in [-0.1, -0.05) is 12.8 Å². The monoisotopic (exact) mass is 256 g/mol. The Labute approximate surface area is 108 Å². The predicted molar refractivity (Wildman–Crippen MR) is 69.4 cm³/mol. The fourth-order valence-corrected chi connectivity index (χ4v) is 2.37. The molecule has 1 rings (SSSR count). The Hall–Kier alpha value is -1.10. The van der Waals surface area contributed by atoms with E-state index in [-0.39, 0.29) is 24.4 Å². The van der Waals surface area contributed by atoms with Crippen LogP contribution in [0.25, 0.3) is 0 Å². The van der Waals surface area contributed by atoms with Gasteiger partial charge in [0.25, 0.3) is 0 Å². The Bertz CT molecular complexity index is 315. The van der Waals surface area contributed by atoms with E-state index >= 15 is 0 Å². The van der Waals surface area contributed by atoms with Crippen molar-refractivity contribution in [1.29, 1.82) is 0 Å². The molecule has 0 aromatic rings. The van der Waals surface area contributed by atoms with Gasteiger partial charge in [0.1, 0.15) is 0 Å². The summed E-state index contributed by atoms with van der Waals surface area (Å²) < 4.78 is 0. The maximum atomic E-state index is 11.9. The summed E-state index contributed by atoms with van der Waals surface area (Å²) in [7, 11) is 0. The largest absolute Gasteiger partial charge is 0.481 e. The van der Waals surface area contributed by atoms with E-state index < -0.39 is 11.5 Å². The van der Waals surface area contributed by atoms with E-state index in [9.17, 15) is 9.59 Å². The molecule has 18 heavy (non-hydrogen) atoms. The van der Waals surface area contributed by atoms with E-state index in [1.165, 1.54) is 0 Å². The van der Waals surface area contributed by atoms with Gasteiger partial charge in [0.2, 0.25) is 5.91 Å². The summed E-state index contributed by atoms with van der Waals surface area (Å²) in [6.07, 6.45) is 3.52. The maximum Gasteiger partial charge on any atom is 0.305 e. The smallest absolute Gasteiger partial charge is 0.305 e. The minimum atomic E-state index is -0.846. The van der Waals surface area contributed by atoms with Crippen molar-refractivity contribution >= 4 is 11.9 Å². The molecule has 0 aromatic heterocycles. The first-order valence-corrected chi connectivity index (χ1v) is 6.50. The molecule has 104 valence electrons. The number of hydrogen-bond donors (Lipinski definition) is 3. The molecular weight excluding hydrogens is 232 g/mol. The molecule has 0 bridgehead atoms. The number of carboxylic acids is 1. The van der Waals surface area contributed by atoms with Crippen LogP contribution in [0, 0.1) is 0 Å². The fourth-order valence-electron chi connectivity index (χ4n) is 2.37. The molecule has 0 heterocycles. The first kappa shape index (κ1) is 15.0. The highest BCUT2D eigenvalue weighted by Gasteiger charge is 2.37. The third-order valence-corrected chi connectivity index (χ3v) is 3.23. The molecule has 0 aromatic carbocycles. The molecule has 0 atom stereocenters. The summed E-state index contributed by atoms with van der Waals surface area (Å²) >= 11 is 0. The molecule has 0 unspecified atom stereocenters. The third-order valence-electron chi connectivity index (χ3n) is 3.23. The highest BCUT2D eigenvalue weighted by molar-refractivity contribution is 5.80. The number of nitrogens with one attached hydrogen (secondary N) is 2. The zero-order chi connectivity index (χ0) is 13.8. The topological polar surface area (TPSA) is 78.4 Å². The lowest BCUT2D eigenvalue weighted by Crippen LogP contribution is -2.52. The fraction of sp³-hybridized carbons (Fsp3) is 0.846. The van der Waals surface area contributed by atoms with E-state index in [1.54, 1.807) is 0 Å². The van der Waals surface area contributed by atoms with E-state index in [1.807, 2.05) is 20.8 Å². The minimum absolute atomic E-state index is 0.0221. The van der Waals surface area contributed by atoms with E-state index in [2.05, 4.69) is 10.6 Å². The number of amides is 1. The SMILES string of the molecule is CC(C)(C)NCC(=O)NC1(CC(=O)O)CCCC1. The second-order valence-electron chi connectivity index (χ2n) is 6.21. The van der Waals surface area contributed by atoms with Crippen LogP contribution in [0.4, 0.5) is 0 Å². The lowest BCUT2D eigenvalue weighted by Gasteiger charge is -2.29. The summed E-state index contributed by atoms with van der Waals surface area (Å²) in [4.78, 5) is 22.8. The summed E-state index contributed by atoms with van der Waals surface area (Å²) in [5, 5.41) is 15.0. The first-order valence-electron chi connectivity index (χ1n) is 6.50. The Morgan fingerprint density at radius 3 is 2.22 bits per heavy atom. The summed E-state index contributed by atoms with van der Waals surface area (Å²) in [5.41, 5.74) is -0.643. The van der Waals surface area contributed by atoms with Crippen molar-refractivity contribution in [2.24, 2.45) is 0 Å². The van der Waals surface area contributed by atoms with E-state index in [4.69, 9.17) is 5.11 Å². The number of rotatable bonds is 5. The highest BCUT2D eigenvalue weighted by Crippen LogP contribution is 2.32. The minimum Gasteiger partial charge on any atom is -0.481 e. The third kappa shape index (κ3) is 5.04. The summed E-state index contributed by atoms with van der Waals surface area (Å²) in [6, 6.07) is 0. The van der Waals surface area contributed by atoms with Crippen molar-refractivity contribution < 1.29 is 14.7 Å².